The minimum absolute atomic E-state index is 0.181. The van der Waals surface area contributed by atoms with Gasteiger partial charge in [-0.3, -0.25) is 14.2 Å². The summed E-state index contributed by atoms with van der Waals surface area (Å²) in [6.45, 7) is 3.32. The van der Waals surface area contributed by atoms with Gasteiger partial charge in [0.05, 0.1) is 16.9 Å². The fourth-order valence-electron chi connectivity index (χ4n) is 3.80. The summed E-state index contributed by atoms with van der Waals surface area (Å²) in [7, 11) is 0. The largest absolute Gasteiger partial charge is 0.333 e. The van der Waals surface area contributed by atoms with Crippen LogP contribution >= 0.6 is 22.9 Å². The Balaban J connectivity index is 1.61. The number of carbonyl (C=O) groups excluding carboxylic acids is 1. The van der Waals surface area contributed by atoms with E-state index in [1.54, 1.807) is 28.8 Å². The Hall–Kier alpha value is -3.95. The van der Waals surface area contributed by atoms with Gasteiger partial charge in [0, 0.05) is 23.6 Å². The van der Waals surface area contributed by atoms with E-state index in [-0.39, 0.29) is 11.4 Å². The molecule has 0 unspecified atom stereocenters. The molecule has 3 aromatic heterocycles. The first kappa shape index (κ1) is 21.9. The number of nitrogens with one attached hydrogen (secondary N) is 2. The molecule has 0 spiro atoms. The molecule has 0 radical (unpaired) electrons. The van der Waals surface area contributed by atoms with Gasteiger partial charge >= 0.3 is 5.69 Å². The Morgan fingerprint density at radius 3 is 2.53 bits per heavy atom. The third-order valence-corrected chi connectivity index (χ3v) is 6.31. The van der Waals surface area contributed by atoms with Gasteiger partial charge in [0.1, 0.15) is 10.7 Å². The highest BCUT2D eigenvalue weighted by Gasteiger charge is 2.18. The lowest BCUT2D eigenvalue weighted by Crippen LogP contribution is -2.34. The Bertz CT molecular complexity index is 1680. The van der Waals surface area contributed by atoms with E-state index < -0.39 is 11.2 Å². The molecule has 10 heteroatoms. The predicted molar refractivity (Wildman–Crippen MR) is 135 cm³/mol. The molecule has 0 fully saturated rings. The zero-order valence-corrected chi connectivity index (χ0v) is 19.7. The number of aromatic nitrogens is 4. The van der Waals surface area contributed by atoms with Crippen molar-refractivity contribution in [1.82, 2.24) is 19.1 Å². The zero-order chi connectivity index (χ0) is 24.0. The van der Waals surface area contributed by atoms with Crippen molar-refractivity contribution in [3.8, 4) is 22.6 Å². The Morgan fingerprint density at radius 1 is 1.06 bits per heavy atom. The van der Waals surface area contributed by atoms with Crippen LogP contribution in [0.25, 0.3) is 33.7 Å². The van der Waals surface area contributed by atoms with E-state index >= 15 is 0 Å². The first-order valence-electron chi connectivity index (χ1n) is 10.3. The number of aromatic amines is 1. The minimum atomic E-state index is -0.536. The van der Waals surface area contributed by atoms with E-state index in [0.29, 0.717) is 27.2 Å². The van der Waals surface area contributed by atoms with Crippen molar-refractivity contribution in [2.24, 2.45) is 0 Å². The zero-order valence-electron chi connectivity index (χ0n) is 18.1. The van der Waals surface area contributed by atoms with Gasteiger partial charge in [0.15, 0.2) is 5.13 Å². The maximum Gasteiger partial charge on any atom is 0.333 e. The highest BCUT2D eigenvalue weighted by atomic mass is 35.5. The molecular weight excluding hydrogens is 474 g/mol. The van der Waals surface area contributed by atoms with Gasteiger partial charge in [-0.25, -0.2) is 14.3 Å². The van der Waals surface area contributed by atoms with Crippen LogP contribution in [0.5, 0.6) is 0 Å². The number of nitrogens with zero attached hydrogens (tertiary/aromatic N) is 3. The molecule has 2 aromatic carbocycles. The Kier molecular flexibility index (Phi) is 5.43. The number of hydrogen-bond donors (Lipinski definition) is 2. The lowest BCUT2D eigenvalue weighted by atomic mass is 10.1. The molecule has 1 amide bonds. The van der Waals surface area contributed by atoms with Crippen molar-refractivity contribution >= 4 is 45.0 Å². The molecule has 8 nitrogen and oxygen atoms in total. The number of anilines is 1. The van der Waals surface area contributed by atoms with Crippen LogP contribution in [0.3, 0.4) is 0 Å². The average molecular weight is 492 g/mol. The van der Waals surface area contributed by atoms with E-state index in [0.717, 1.165) is 21.4 Å². The summed E-state index contributed by atoms with van der Waals surface area (Å²) < 4.78 is 2.71. The number of thiazole rings is 1. The molecule has 34 heavy (non-hydrogen) atoms. The fourth-order valence-corrected chi connectivity index (χ4v) is 4.86. The second kappa shape index (κ2) is 8.44. The first-order chi connectivity index (χ1) is 16.3. The molecule has 170 valence electrons. The summed E-state index contributed by atoms with van der Waals surface area (Å²) in [6, 6.07) is 16.1. The second-order valence-corrected chi connectivity index (χ2v) is 8.99. The molecule has 5 aromatic rings. The fraction of sp³-hybridized carbons (Fsp3) is 0.0833. The van der Waals surface area contributed by atoms with Gasteiger partial charge in [0.25, 0.3) is 5.56 Å². The smallest absolute Gasteiger partial charge is 0.305 e. The van der Waals surface area contributed by atoms with Crippen molar-refractivity contribution in [2.45, 2.75) is 13.8 Å². The Morgan fingerprint density at radius 2 is 1.82 bits per heavy atom. The number of benzene rings is 2. The molecule has 2 N–H and O–H groups in total. The van der Waals surface area contributed by atoms with Gasteiger partial charge in [-0.1, -0.05) is 35.9 Å². The van der Waals surface area contributed by atoms with E-state index in [1.165, 1.54) is 18.3 Å². The van der Waals surface area contributed by atoms with Crippen molar-refractivity contribution in [2.75, 3.05) is 5.32 Å². The SMILES string of the molecule is CC(=O)Nc1nc(-c2ccc(-n3c(Cl)cc4[nH]c(=O)n(-c5cccc(C)c5)c(=O)c43)cc2)cs1. The molecule has 0 saturated heterocycles. The normalized spacial score (nSPS) is 11.1. The van der Waals surface area contributed by atoms with Crippen LogP contribution in [-0.4, -0.2) is 25.0 Å². The van der Waals surface area contributed by atoms with Crippen molar-refractivity contribution in [3.05, 3.63) is 91.5 Å². The summed E-state index contributed by atoms with van der Waals surface area (Å²) in [5.41, 5.74) is 3.23. The molecule has 0 atom stereocenters. The molecule has 0 saturated carbocycles. The van der Waals surface area contributed by atoms with Crippen LogP contribution in [0.1, 0.15) is 12.5 Å². The van der Waals surface area contributed by atoms with Gasteiger partial charge in [-0.15, -0.1) is 11.3 Å². The summed E-state index contributed by atoms with van der Waals surface area (Å²) in [5.74, 6) is -0.181. The highest BCUT2D eigenvalue weighted by molar-refractivity contribution is 7.14. The molecule has 0 bridgehead atoms. The number of fused-ring (bicyclic) bond motifs is 1. The van der Waals surface area contributed by atoms with E-state index in [2.05, 4.69) is 15.3 Å². The van der Waals surface area contributed by atoms with Gasteiger partial charge in [-0.05, 0) is 42.8 Å². The van der Waals surface area contributed by atoms with Crippen LogP contribution in [-0.2, 0) is 4.79 Å². The highest BCUT2D eigenvalue weighted by Crippen LogP contribution is 2.28. The molecule has 3 heterocycles. The van der Waals surface area contributed by atoms with Crippen molar-refractivity contribution in [3.63, 3.8) is 0 Å². The molecule has 0 aliphatic rings. The molecule has 0 aliphatic carbocycles. The summed E-state index contributed by atoms with van der Waals surface area (Å²) >= 11 is 7.84. The van der Waals surface area contributed by atoms with Crippen LogP contribution in [0.2, 0.25) is 5.15 Å². The number of hydrogen-bond acceptors (Lipinski definition) is 5. The van der Waals surface area contributed by atoms with Crippen LogP contribution in [0.15, 0.2) is 69.6 Å². The summed E-state index contributed by atoms with van der Waals surface area (Å²) in [5, 5.41) is 5.33. The third-order valence-electron chi connectivity index (χ3n) is 5.27. The average Bonchev–Trinajstić information content (AvgIpc) is 3.37. The molecule has 0 aliphatic heterocycles. The maximum atomic E-state index is 13.5. The number of H-pyrrole nitrogens is 1. The lowest BCUT2D eigenvalue weighted by molar-refractivity contribution is -0.114. The predicted octanol–water partition coefficient (Wildman–Crippen LogP) is 4.51. The molecular formula is C24H18ClN5O3S. The van der Waals surface area contributed by atoms with Crippen molar-refractivity contribution < 1.29 is 4.79 Å². The summed E-state index contributed by atoms with van der Waals surface area (Å²) in [4.78, 5) is 44.6. The van der Waals surface area contributed by atoms with Crippen molar-refractivity contribution in [1.29, 1.82) is 0 Å². The quantitative estimate of drug-likeness (QED) is 0.386. The maximum absolute atomic E-state index is 13.5. The summed E-state index contributed by atoms with van der Waals surface area (Å²) in [6.07, 6.45) is 0. The van der Waals surface area contributed by atoms with E-state index in [1.807, 2.05) is 42.6 Å². The number of carbonyl (C=O) groups is 1. The Labute approximate surface area is 202 Å². The first-order valence-corrected chi connectivity index (χ1v) is 11.5. The standard InChI is InChI=1S/C24H18ClN5O3S/c1-13-4-3-5-17(10-13)30-22(32)21-18(28-24(30)33)11-20(25)29(21)16-8-6-15(7-9-16)19-12-34-23(27-19)26-14(2)31/h3-12H,1-2H3,(H,28,33)(H,26,27,31). The van der Waals surface area contributed by atoms with E-state index in [4.69, 9.17) is 11.6 Å². The lowest BCUT2D eigenvalue weighted by Gasteiger charge is -2.10. The molecule has 5 rings (SSSR count). The third kappa shape index (κ3) is 3.85. The van der Waals surface area contributed by atoms with E-state index in [9.17, 15) is 14.4 Å². The minimum Gasteiger partial charge on any atom is -0.305 e. The second-order valence-electron chi connectivity index (χ2n) is 7.74. The van der Waals surface area contributed by atoms with Crippen LogP contribution < -0.4 is 16.6 Å². The monoisotopic (exact) mass is 491 g/mol. The van der Waals surface area contributed by atoms with Crippen LogP contribution in [0.4, 0.5) is 5.13 Å². The van der Waals surface area contributed by atoms with Gasteiger partial charge in [0.2, 0.25) is 5.91 Å². The number of amides is 1. The van der Waals surface area contributed by atoms with Gasteiger partial charge < -0.3 is 10.3 Å². The number of rotatable bonds is 4. The van der Waals surface area contributed by atoms with Gasteiger partial charge in [-0.2, -0.15) is 0 Å². The topological polar surface area (TPSA) is 102 Å². The number of halogens is 1. The number of aryl methyl sites for hydroxylation is 1. The van der Waals surface area contributed by atoms with Crippen LogP contribution in [0, 0.1) is 6.92 Å².